The van der Waals surface area contributed by atoms with E-state index in [1.807, 2.05) is 0 Å². The van der Waals surface area contributed by atoms with E-state index in [0.717, 1.165) is 5.56 Å². The lowest BCUT2D eigenvalue weighted by Gasteiger charge is -2.28. The van der Waals surface area contributed by atoms with Crippen LogP contribution in [0.2, 0.25) is 0 Å². The van der Waals surface area contributed by atoms with Crippen molar-refractivity contribution in [3.05, 3.63) is 116 Å². The fourth-order valence-electron chi connectivity index (χ4n) is 4.83. The van der Waals surface area contributed by atoms with Gasteiger partial charge in [0.1, 0.15) is 28.8 Å². The maximum atomic E-state index is 14.6. The third kappa shape index (κ3) is 8.61. The van der Waals surface area contributed by atoms with E-state index in [1.165, 1.54) is 47.8 Å². The Bertz CT molecular complexity index is 1750. The molecule has 3 aromatic rings. The first kappa shape index (κ1) is 36.0. The maximum Gasteiger partial charge on any atom is 0.159 e. The fraction of sp³-hybridized carbons (Fsp3) is 0.226. The number of nitrogen functional groups attached to an aromatic ring is 1. The second-order valence-electron chi connectivity index (χ2n) is 10.3. The molecule has 0 saturated heterocycles. The van der Waals surface area contributed by atoms with E-state index >= 15 is 0 Å². The average Bonchev–Trinajstić information content (AvgIpc) is 2.99. The van der Waals surface area contributed by atoms with Crippen molar-refractivity contribution in [1.82, 2.24) is 4.98 Å². The number of aliphatic hydroxyl groups excluding tert-OH is 2. The smallest absolute Gasteiger partial charge is 0.159 e. The van der Waals surface area contributed by atoms with Crippen molar-refractivity contribution in [2.24, 2.45) is 21.5 Å². The molecule has 236 valence electrons. The first-order chi connectivity index (χ1) is 20.9. The number of aliphatic hydroxyl groups is 2. The van der Waals surface area contributed by atoms with E-state index in [0.29, 0.717) is 49.5 Å². The molecule has 0 radical (unpaired) electrons. The summed E-state index contributed by atoms with van der Waals surface area (Å²) in [5.74, 6) is -0.807. The van der Waals surface area contributed by atoms with Crippen molar-refractivity contribution in [2.45, 2.75) is 31.3 Å². The molecule has 8 N–H and O–H groups in total. The maximum absolute atomic E-state index is 14.6. The minimum Gasteiger partial charge on any atom is -1.00 e. The van der Waals surface area contributed by atoms with E-state index in [4.69, 9.17) is 17.2 Å². The number of hydrogen-bond acceptors (Lipinski definition) is 11. The minimum atomic E-state index is -1.00. The number of aliphatic imine (C=N–C) groups is 2. The molecule has 0 bridgehead atoms. The van der Waals surface area contributed by atoms with Gasteiger partial charge in [-0.3, -0.25) is 4.98 Å². The monoisotopic (exact) mass is 762 g/mol. The van der Waals surface area contributed by atoms with E-state index in [-0.39, 0.29) is 42.4 Å². The van der Waals surface area contributed by atoms with Gasteiger partial charge in [-0.25, -0.2) is 18.8 Å². The van der Waals surface area contributed by atoms with E-state index < -0.39 is 22.7 Å². The Balaban J connectivity index is 0.000000256. The summed E-state index contributed by atoms with van der Waals surface area (Å²) in [5.41, 5.74) is 18.4. The first-order valence-electron chi connectivity index (χ1n) is 13.3. The molecule has 3 heterocycles. The predicted molar refractivity (Wildman–Crippen MR) is 172 cm³/mol. The standard InChI is InChI=1S/C19H17FN4OS.C12H14FN3OS.HI/c1-19(9-14(11-25)26-18(22)24-19)15-7-12(4-5-16(15)20)8-17-13(10-21)3-2-6-23-17;1-12(5-8(6-17)18-11(15)16-12)9-4-7(14)2-3-10(9)13;/h2-7,9,25H,8,11H2,1H3,(H2,22,24);2-5,17H,6,14H2,1H3,(H2,15,16);1H/p-1/t19-;12-;/m00./s1. The number of benzene rings is 2. The van der Waals surface area contributed by atoms with Gasteiger partial charge in [0.15, 0.2) is 10.3 Å². The molecule has 0 amide bonds. The lowest BCUT2D eigenvalue weighted by atomic mass is 9.89. The molecule has 5 rings (SSSR count). The van der Waals surface area contributed by atoms with Gasteiger partial charge in [0.25, 0.3) is 0 Å². The van der Waals surface area contributed by atoms with Crippen LogP contribution in [0.5, 0.6) is 0 Å². The number of hydrogen-bond donors (Lipinski definition) is 5. The van der Waals surface area contributed by atoms with Crippen LogP contribution >= 0.6 is 23.5 Å². The normalized spacial score (nSPS) is 20.6. The molecule has 2 aliphatic rings. The Kier molecular flexibility index (Phi) is 12.2. The van der Waals surface area contributed by atoms with Crippen molar-refractivity contribution < 1.29 is 43.0 Å². The van der Waals surface area contributed by atoms with Crippen molar-refractivity contribution in [3.8, 4) is 6.07 Å². The number of nitrogens with two attached hydrogens (primary N) is 3. The Morgan fingerprint density at radius 1 is 0.844 bits per heavy atom. The predicted octanol–water partition coefficient (Wildman–Crippen LogP) is 1.40. The Labute approximate surface area is 285 Å². The Hall–Kier alpha value is -3.49. The van der Waals surface area contributed by atoms with Gasteiger partial charge >= 0.3 is 0 Å². The molecule has 0 unspecified atom stereocenters. The second kappa shape index (κ2) is 15.2. The molecule has 9 nitrogen and oxygen atoms in total. The summed E-state index contributed by atoms with van der Waals surface area (Å²) >= 11 is 2.35. The van der Waals surface area contributed by atoms with Crippen molar-refractivity contribution in [3.63, 3.8) is 0 Å². The number of anilines is 1. The van der Waals surface area contributed by atoms with E-state index in [9.17, 15) is 24.3 Å². The zero-order chi connectivity index (χ0) is 32.1. The van der Waals surface area contributed by atoms with Gasteiger partial charge in [-0.05, 0) is 74.0 Å². The van der Waals surface area contributed by atoms with Gasteiger partial charge in [0.2, 0.25) is 0 Å². The molecule has 2 atom stereocenters. The van der Waals surface area contributed by atoms with Gasteiger partial charge in [0, 0.05) is 39.2 Å². The molecule has 0 fully saturated rings. The topological polar surface area (TPSA) is 180 Å². The number of halogens is 3. The quantitative estimate of drug-likeness (QED) is 0.183. The lowest BCUT2D eigenvalue weighted by molar-refractivity contribution is -0.0000128. The SMILES string of the molecule is C[C@@]1(c2cc(Cc3ncccc3C#N)ccc2F)C=C(CO)SC(N)=N1.C[C@@]1(c2cc(N)ccc2F)C=C(CO)SC(N)=N1.[I-]. The molecule has 45 heavy (non-hydrogen) atoms. The van der Waals surface area contributed by atoms with Crippen LogP contribution in [-0.4, -0.2) is 38.7 Å². The number of aromatic nitrogens is 1. The lowest BCUT2D eigenvalue weighted by Crippen LogP contribution is -3.00. The highest BCUT2D eigenvalue weighted by Gasteiger charge is 2.32. The number of pyridine rings is 1. The van der Waals surface area contributed by atoms with Crippen LogP contribution < -0.4 is 41.2 Å². The van der Waals surface area contributed by atoms with Crippen LogP contribution in [0.4, 0.5) is 14.5 Å². The van der Waals surface area contributed by atoms with Gasteiger partial charge < -0.3 is 51.4 Å². The number of rotatable bonds is 6. The summed E-state index contributed by atoms with van der Waals surface area (Å²) in [5, 5.41) is 28.4. The highest BCUT2D eigenvalue weighted by atomic mass is 127. The van der Waals surface area contributed by atoms with Crippen LogP contribution in [0.1, 0.15) is 41.8 Å². The summed E-state index contributed by atoms with van der Waals surface area (Å²) in [6.07, 6.45) is 5.45. The van der Waals surface area contributed by atoms with E-state index in [1.54, 1.807) is 56.5 Å². The van der Waals surface area contributed by atoms with Gasteiger partial charge in [0.05, 0.1) is 24.5 Å². The van der Waals surface area contributed by atoms with Crippen molar-refractivity contribution >= 4 is 39.5 Å². The summed E-state index contributed by atoms with van der Waals surface area (Å²) in [6, 6.07) is 14.6. The number of nitrogens with zero attached hydrogens (tertiary/aromatic N) is 4. The number of amidine groups is 2. The molecule has 1 aromatic heterocycles. The summed E-state index contributed by atoms with van der Waals surface area (Å²) < 4.78 is 28.5. The van der Waals surface area contributed by atoms with Crippen molar-refractivity contribution in [2.75, 3.05) is 18.9 Å². The molecule has 2 aromatic carbocycles. The average molecular weight is 763 g/mol. The number of nitriles is 1. The minimum absolute atomic E-state index is 0. The molecule has 2 aliphatic heterocycles. The summed E-state index contributed by atoms with van der Waals surface area (Å²) in [6.45, 7) is 3.14. The fourth-order valence-corrected chi connectivity index (χ4v) is 6.54. The molecule has 0 spiro atoms. The van der Waals surface area contributed by atoms with Crippen LogP contribution in [-0.2, 0) is 17.5 Å². The molecule has 0 aliphatic carbocycles. The van der Waals surface area contributed by atoms with Crippen LogP contribution in [0, 0.1) is 23.0 Å². The van der Waals surface area contributed by atoms with Gasteiger partial charge in [-0.1, -0.05) is 29.6 Å². The highest BCUT2D eigenvalue weighted by molar-refractivity contribution is 8.17. The van der Waals surface area contributed by atoms with Crippen LogP contribution in [0.25, 0.3) is 0 Å². The molecule has 0 saturated carbocycles. The molecular weight excluding hydrogens is 731 g/mol. The zero-order valence-electron chi connectivity index (χ0n) is 24.3. The molecule has 14 heteroatoms. The van der Waals surface area contributed by atoms with Crippen molar-refractivity contribution in [1.29, 1.82) is 5.26 Å². The van der Waals surface area contributed by atoms with E-state index in [2.05, 4.69) is 21.0 Å². The third-order valence-corrected chi connectivity index (χ3v) is 8.47. The third-order valence-electron chi connectivity index (χ3n) is 6.85. The summed E-state index contributed by atoms with van der Waals surface area (Å²) in [4.78, 5) is 14.2. The van der Waals surface area contributed by atoms with Gasteiger partial charge in [-0.2, -0.15) is 5.26 Å². The van der Waals surface area contributed by atoms with Gasteiger partial charge in [-0.15, -0.1) is 0 Å². The zero-order valence-corrected chi connectivity index (χ0v) is 28.1. The second-order valence-corrected chi connectivity index (χ2v) is 12.6. The number of thioether (sulfide) groups is 2. The molecular formula is C31H31F2IN7O2S2-. The Morgan fingerprint density at radius 2 is 1.38 bits per heavy atom. The van der Waals surface area contributed by atoms with Crippen LogP contribution in [0.15, 0.2) is 86.7 Å². The first-order valence-corrected chi connectivity index (χ1v) is 14.9. The summed E-state index contributed by atoms with van der Waals surface area (Å²) in [7, 11) is 0. The highest BCUT2D eigenvalue weighted by Crippen LogP contribution is 2.39. The largest absolute Gasteiger partial charge is 1.00 e. The van der Waals surface area contributed by atoms with Crippen LogP contribution in [0.3, 0.4) is 0 Å². The Morgan fingerprint density at radius 3 is 1.91 bits per heavy atom.